The molecule has 1 unspecified atom stereocenters. The Morgan fingerprint density at radius 1 is 1.07 bits per heavy atom. The molecular formula is C33H38N6O4. The van der Waals surface area contributed by atoms with Crippen LogP contribution in [0, 0.1) is 0 Å². The quantitative estimate of drug-likeness (QED) is 0.289. The topological polar surface area (TPSA) is 123 Å². The van der Waals surface area contributed by atoms with E-state index in [0.717, 1.165) is 60.1 Å². The number of carbonyl (C=O) groups excluding carboxylic acids is 1. The zero-order valence-electron chi connectivity index (χ0n) is 24.7. The molecule has 6 rings (SSSR count). The number of aromatic nitrogens is 4. The molecule has 1 aliphatic heterocycles. The number of benzene rings is 2. The standard InChI is InChI=1S/C33H38N6O4/c1-3-7-30-28(17-22-10-15-26(23-8-5-4-6-9-23)27(16-22)29-18-31(41)37-36-29)32(42)38(33-34-20-35-39(30)33)24-11-13-25(14-12-24)43-19-21(2)40/h4-6,8-10,15-16,20-21,24-25,40H,3,7,11-14,17-19H2,1-2H3,(H,37,41). The monoisotopic (exact) mass is 582 g/mol. The highest BCUT2D eigenvalue weighted by molar-refractivity contribution is 6.16. The van der Waals surface area contributed by atoms with E-state index in [-0.39, 0.29) is 30.0 Å². The molecule has 1 atom stereocenters. The molecule has 10 heteroatoms. The number of rotatable bonds is 10. The van der Waals surface area contributed by atoms with Crippen LogP contribution in [0.15, 0.2) is 64.8 Å². The minimum atomic E-state index is -0.496. The van der Waals surface area contributed by atoms with Gasteiger partial charge in [-0.3, -0.25) is 14.2 Å². The molecule has 2 aromatic carbocycles. The number of aliphatic hydroxyl groups excluding tert-OH is 1. The van der Waals surface area contributed by atoms with Crippen molar-refractivity contribution in [3.8, 4) is 11.1 Å². The summed E-state index contributed by atoms with van der Waals surface area (Å²) in [5.74, 6) is 0.450. The largest absolute Gasteiger partial charge is 0.391 e. The third-order valence-electron chi connectivity index (χ3n) is 8.40. The van der Waals surface area contributed by atoms with Crippen LogP contribution in [0.3, 0.4) is 0 Å². The molecule has 1 fully saturated rings. The van der Waals surface area contributed by atoms with Gasteiger partial charge in [-0.15, -0.1) is 0 Å². The van der Waals surface area contributed by atoms with Crippen molar-refractivity contribution in [1.82, 2.24) is 24.6 Å². The van der Waals surface area contributed by atoms with Crippen LogP contribution in [0.25, 0.3) is 16.9 Å². The van der Waals surface area contributed by atoms with Crippen LogP contribution in [0.2, 0.25) is 0 Å². The van der Waals surface area contributed by atoms with E-state index in [1.807, 2.05) is 39.4 Å². The van der Waals surface area contributed by atoms with Crippen molar-refractivity contribution >= 4 is 17.4 Å². The normalized spacial score (nSPS) is 19.4. The van der Waals surface area contributed by atoms with Gasteiger partial charge in [0.15, 0.2) is 0 Å². The molecule has 43 heavy (non-hydrogen) atoms. The predicted molar refractivity (Wildman–Crippen MR) is 164 cm³/mol. The number of aliphatic hydroxyl groups is 1. The molecule has 3 heterocycles. The summed E-state index contributed by atoms with van der Waals surface area (Å²) in [5, 5.41) is 18.5. The third kappa shape index (κ3) is 6.03. The first-order valence-corrected chi connectivity index (χ1v) is 15.2. The van der Waals surface area contributed by atoms with Crippen molar-refractivity contribution in [1.29, 1.82) is 0 Å². The number of aryl methyl sites for hydroxylation is 1. The fourth-order valence-corrected chi connectivity index (χ4v) is 6.35. The van der Waals surface area contributed by atoms with Gasteiger partial charge in [0, 0.05) is 23.6 Å². The van der Waals surface area contributed by atoms with Crippen LogP contribution in [-0.2, 0) is 22.4 Å². The highest BCUT2D eigenvalue weighted by atomic mass is 16.5. The second-order valence-electron chi connectivity index (χ2n) is 11.6. The smallest absolute Gasteiger partial charge is 0.259 e. The Morgan fingerprint density at radius 3 is 2.56 bits per heavy atom. The number of hydrogen-bond donors (Lipinski definition) is 2. The molecule has 0 bridgehead atoms. The second-order valence-corrected chi connectivity index (χ2v) is 11.6. The number of nitrogens with zero attached hydrogens (tertiary/aromatic N) is 5. The first kappa shape index (κ1) is 28.9. The molecule has 0 radical (unpaired) electrons. The molecule has 2 N–H and O–H groups in total. The second kappa shape index (κ2) is 12.6. The lowest BCUT2D eigenvalue weighted by Gasteiger charge is -2.30. The van der Waals surface area contributed by atoms with Gasteiger partial charge in [0.2, 0.25) is 11.7 Å². The van der Waals surface area contributed by atoms with Gasteiger partial charge in [-0.05, 0) is 61.8 Å². The maximum absolute atomic E-state index is 14.4. The van der Waals surface area contributed by atoms with Gasteiger partial charge in [-0.1, -0.05) is 55.8 Å². The molecule has 4 aromatic rings. The van der Waals surface area contributed by atoms with E-state index in [4.69, 9.17) is 4.74 Å². The van der Waals surface area contributed by atoms with Crippen LogP contribution < -0.4 is 11.0 Å². The van der Waals surface area contributed by atoms with Crippen molar-refractivity contribution in [3.63, 3.8) is 0 Å². The number of hydrazone groups is 1. The molecule has 0 saturated heterocycles. The summed E-state index contributed by atoms with van der Waals surface area (Å²) in [5.41, 5.74) is 8.73. The molecule has 10 nitrogen and oxygen atoms in total. The first-order valence-electron chi connectivity index (χ1n) is 15.2. The Bertz CT molecular complexity index is 1700. The number of ether oxygens (including phenoxy) is 1. The van der Waals surface area contributed by atoms with E-state index in [2.05, 4.69) is 45.7 Å². The summed E-state index contributed by atoms with van der Waals surface area (Å²) in [6.45, 7) is 4.14. The van der Waals surface area contributed by atoms with Gasteiger partial charge in [0.05, 0.1) is 36.6 Å². The SMILES string of the molecule is CCCc1c(Cc2ccc(-c3ccccc3)c(C3=NNC(=O)C3)c2)c(=O)n(C2CCC(OCC(C)O)CC2)c2ncnn12. The maximum Gasteiger partial charge on any atom is 0.259 e. The Labute approximate surface area is 250 Å². The molecule has 0 spiro atoms. The van der Waals surface area contributed by atoms with Gasteiger partial charge >= 0.3 is 0 Å². The van der Waals surface area contributed by atoms with E-state index in [0.29, 0.717) is 36.5 Å². The van der Waals surface area contributed by atoms with Crippen molar-refractivity contribution in [2.75, 3.05) is 6.61 Å². The highest BCUT2D eigenvalue weighted by Crippen LogP contribution is 2.32. The van der Waals surface area contributed by atoms with Crippen LogP contribution in [-0.4, -0.2) is 54.7 Å². The summed E-state index contributed by atoms with van der Waals surface area (Å²) in [4.78, 5) is 31.0. The van der Waals surface area contributed by atoms with Crippen molar-refractivity contribution in [3.05, 3.63) is 87.6 Å². The van der Waals surface area contributed by atoms with Crippen molar-refractivity contribution in [2.24, 2.45) is 5.10 Å². The molecule has 2 aliphatic rings. The van der Waals surface area contributed by atoms with Crippen LogP contribution in [0.1, 0.15) is 80.8 Å². The minimum Gasteiger partial charge on any atom is -0.391 e. The lowest BCUT2D eigenvalue weighted by Crippen LogP contribution is -2.35. The first-order chi connectivity index (χ1) is 20.9. The number of carbonyl (C=O) groups is 1. The zero-order valence-corrected chi connectivity index (χ0v) is 24.7. The van der Waals surface area contributed by atoms with Crippen LogP contribution in [0.5, 0.6) is 0 Å². The van der Waals surface area contributed by atoms with Crippen LogP contribution >= 0.6 is 0 Å². The fourth-order valence-electron chi connectivity index (χ4n) is 6.35. The molecule has 1 saturated carbocycles. The Morgan fingerprint density at radius 2 is 1.86 bits per heavy atom. The van der Waals surface area contributed by atoms with Crippen molar-refractivity contribution < 1.29 is 14.6 Å². The number of amides is 1. The summed E-state index contributed by atoms with van der Waals surface area (Å²) in [6.07, 6.45) is 6.52. The van der Waals surface area contributed by atoms with Crippen molar-refractivity contribution in [2.45, 2.75) is 83.5 Å². The average Bonchev–Trinajstić information content (AvgIpc) is 3.68. The van der Waals surface area contributed by atoms with Gasteiger partial charge in [0.1, 0.15) is 6.33 Å². The Balaban J connectivity index is 1.39. The fraction of sp³-hybridized carbons (Fsp3) is 0.424. The number of hydrogen-bond acceptors (Lipinski definition) is 7. The molecule has 1 amide bonds. The number of nitrogens with one attached hydrogen (secondary N) is 1. The van der Waals surface area contributed by atoms with Gasteiger partial charge < -0.3 is 9.84 Å². The lowest BCUT2D eigenvalue weighted by atomic mass is 9.91. The van der Waals surface area contributed by atoms with E-state index >= 15 is 0 Å². The van der Waals surface area contributed by atoms with E-state index in [1.165, 1.54) is 6.33 Å². The van der Waals surface area contributed by atoms with Crippen LogP contribution in [0.4, 0.5) is 0 Å². The van der Waals surface area contributed by atoms with E-state index in [1.54, 1.807) is 6.92 Å². The van der Waals surface area contributed by atoms with E-state index in [9.17, 15) is 14.7 Å². The summed E-state index contributed by atoms with van der Waals surface area (Å²) < 4.78 is 9.57. The van der Waals surface area contributed by atoms with Gasteiger partial charge in [-0.2, -0.15) is 15.2 Å². The van der Waals surface area contributed by atoms with Gasteiger partial charge in [-0.25, -0.2) is 9.94 Å². The molecule has 224 valence electrons. The molecule has 2 aromatic heterocycles. The predicted octanol–water partition coefficient (Wildman–Crippen LogP) is 4.21. The van der Waals surface area contributed by atoms with Gasteiger partial charge in [0.25, 0.3) is 5.56 Å². The Hall–Kier alpha value is -4.15. The summed E-state index contributed by atoms with van der Waals surface area (Å²) in [6, 6.07) is 16.2. The third-order valence-corrected chi connectivity index (χ3v) is 8.40. The molecule has 1 aliphatic carbocycles. The lowest BCUT2D eigenvalue weighted by molar-refractivity contribution is -0.119. The minimum absolute atomic E-state index is 0.0130. The number of fused-ring (bicyclic) bond motifs is 1. The zero-order chi connectivity index (χ0) is 29.9. The molecular weight excluding hydrogens is 544 g/mol. The van der Waals surface area contributed by atoms with E-state index < -0.39 is 6.10 Å². The summed E-state index contributed by atoms with van der Waals surface area (Å²) in [7, 11) is 0. The average molecular weight is 583 g/mol. The Kier molecular flexibility index (Phi) is 8.49. The maximum atomic E-state index is 14.4. The summed E-state index contributed by atoms with van der Waals surface area (Å²) >= 11 is 0. The highest BCUT2D eigenvalue weighted by Gasteiger charge is 2.29.